The molecule has 0 bridgehead atoms. The van der Waals surface area contributed by atoms with E-state index in [1.807, 2.05) is 41.9 Å². The molecule has 4 rings (SSSR count). The minimum Gasteiger partial charge on any atom is -0.493 e. The van der Waals surface area contributed by atoms with Crippen LogP contribution in [0.1, 0.15) is 15.4 Å². The van der Waals surface area contributed by atoms with E-state index < -0.39 is 0 Å². The number of aryl methyl sites for hydroxylation is 1. The van der Waals surface area contributed by atoms with Crippen molar-refractivity contribution in [2.75, 3.05) is 19.5 Å². The number of amides is 1. The molecule has 2 heterocycles. The first-order valence-electron chi connectivity index (χ1n) is 8.78. The van der Waals surface area contributed by atoms with Gasteiger partial charge in [0.25, 0.3) is 5.91 Å². The molecular formula is C21H18ClN3O3S. The van der Waals surface area contributed by atoms with Gasteiger partial charge in [-0.3, -0.25) is 4.79 Å². The number of carbonyl (C=O) groups excluding carboxylic acids is 1. The van der Waals surface area contributed by atoms with E-state index in [4.69, 9.17) is 21.1 Å². The second-order valence-corrected chi connectivity index (χ2v) is 7.79. The molecule has 29 heavy (non-hydrogen) atoms. The minimum absolute atomic E-state index is 0.194. The van der Waals surface area contributed by atoms with Crippen LogP contribution in [0.3, 0.4) is 0 Å². The summed E-state index contributed by atoms with van der Waals surface area (Å²) in [6.07, 6.45) is 0. The predicted molar refractivity (Wildman–Crippen MR) is 116 cm³/mol. The Hall–Kier alpha value is -3.03. The number of aromatic nitrogens is 2. The largest absolute Gasteiger partial charge is 0.493 e. The Morgan fingerprint density at radius 3 is 2.48 bits per heavy atom. The summed E-state index contributed by atoms with van der Waals surface area (Å²) in [4.78, 5) is 14.3. The van der Waals surface area contributed by atoms with Crippen LogP contribution in [0.4, 0.5) is 5.69 Å². The maximum absolute atomic E-state index is 12.8. The highest BCUT2D eigenvalue weighted by molar-refractivity contribution is 7.20. The van der Waals surface area contributed by atoms with Crippen molar-refractivity contribution in [1.82, 2.24) is 9.78 Å². The van der Waals surface area contributed by atoms with Crippen LogP contribution < -0.4 is 14.8 Å². The van der Waals surface area contributed by atoms with E-state index in [1.54, 1.807) is 32.4 Å². The molecule has 0 unspecified atom stereocenters. The fraction of sp³-hybridized carbons (Fsp3) is 0.143. The molecule has 0 aliphatic carbocycles. The summed E-state index contributed by atoms with van der Waals surface area (Å²) >= 11 is 7.38. The van der Waals surface area contributed by atoms with E-state index in [9.17, 15) is 4.79 Å². The Bertz CT molecular complexity index is 1200. The molecule has 0 atom stereocenters. The zero-order valence-electron chi connectivity index (χ0n) is 16.0. The standard InChI is InChI=1S/C21H18ClN3O3S/c1-12-16-11-19(20(26)23-14-6-9-17(27-2)18(10-14)28-3)29-21(16)25(24-12)15-7-4-13(22)5-8-15/h4-11H,1-3H3,(H,23,26). The van der Waals surface area contributed by atoms with Crippen molar-refractivity contribution in [2.24, 2.45) is 0 Å². The van der Waals surface area contributed by atoms with Gasteiger partial charge in [-0.2, -0.15) is 5.10 Å². The summed E-state index contributed by atoms with van der Waals surface area (Å²) in [5.41, 5.74) is 2.37. The minimum atomic E-state index is -0.194. The number of hydrogen-bond acceptors (Lipinski definition) is 5. The van der Waals surface area contributed by atoms with Crippen LogP contribution in [0.25, 0.3) is 15.9 Å². The van der Waals surface area contributed by atoms with Gasteiger partial charge in [0.05, 0.1) is 30.5 Å². The van der Waals surface area contributed by atoms with E-state index in [2.05, 4.69) is 10.4 Å². The van der Waals surface area contributed by atoms with Gasteiger partial charge < -0.3 is 14.8 Å². The molecule has 0 radical (unpaired) electrons. The van der Waals surface area contributed by atoms with Gasteiger partial charge in [0.15, 0.2) is 11.5 Å². The van der Waals surface area contributed by atoms with Crippen molar-refractivity contribution in [1.29, 1.82) is 0 Å². The monoisotopic (exact) mass is 427 g/mol. The molecule has 0 aliphatic heterocycles. The molecule has 148 valence electrons. The predicted octanol–water partition coefficient (Wildman–Crippen LogP) is 5.32. The maximum Gasteiger partial charge on any atom is 0.265 e. The average molecular weight is 428 g/mol. The van der Waals surface area contributed by atoms with Gasteiger partial charge >= 0.3 is 0 Å². The average Bonchev–Trinajstić information content (AvgIpc) is 3.29. The third-order valence-electron chi connectivity index (χ3n) is 4.48. The molecule has 0 fully saturated rings. The zero-order valence-corrected chi connectivity index (χ0v) is 17.6. The normalized spacial score (nSPS) is 10.9. The Balaban J connectivity index is 1.65. The maximum atomic E-state index is 12.8. The van der Waals surface area contributed by atoms with Gasteiger partial charge in [-0.05, 0) is 49.4 Å². The molecule has 0 saturated carbocycles. The van der Waals surface area contributed by atoms with Gasteiger partial charge in [-0.25, -0.2) is 4.68 Å². The van der Waals surface area contributed by atoms with Crippen molar-refractivity contribution in [3.63, 3.8) is 0 Å². The van der Waals surface area contributed by atoms with Crippen LogP contribution in [0.15, 0.2) is 48.5 Å². The van der Waals surface area contributed by atoms with Gasteiger partial charge in [0.2, 0.25) is 0 Å². The topological polar surface area (TPSA) is 65.4 Å². The highest BCUT2D eigenvalue weighted by Crippen LogP contribution is 2.33. The van der Waals surface area contributed by atoms with Gasteiger partial charge in [0.1, 0.15) is 4.83 Å². The highest BCUT2D eigenvalue weighted by Gasteiger charge is 2.18. The molecule has 0 saturated heterocycles. The lowest BCUT2D eigenvalue weighted by Gasteiger charge is -2.10. The third-order valence-corrected chi connectivity index (χ3v) is 5.84. The number of fused-ring (bicyclic) bond motifs is 1. The lowest BCUT2D eigenvalue weighted by atomic mass is 10.2. The molecule has 6 nitrogen and oxygen atoms in total. The zero-order chi connectivity index (χ0) is 20.5. The smallest absolute Gasteiger partial charge is 0.265 e. The van der Waals surface area contributed by atoms with E-state index in [-0.39, 0.29) is 5.91 Å². The molecule has 0 spiro atoms. The number of nitrogens with zero attached hydrogens (tertiary/aromatic N) is 2. The molecule has 0 aliphatic rings. The number of rotatable bonds is 5. The van der Waals surface area contributed by atoms with E-state index in [1.165, 1.54) is 11.3 Å². The number of hydrogen-bond donors (Lipinski definition) is 1. The summed E-state index contributed by atoms with van der Waals surface area (Å²) in [6, 6.07) is 14.6. The molecule has 1 amide bonds. The van der Waals surface area contributed by atoms with Crippen molar-refractivity contribution in [3.05, 3.63) is 64.1 Å². The number of anilines is 1. The second kappa shape index (κ2) is 7.77. The highest BCUT2D eigenvalue weighted by atomic mass is 35.5. The fourth-order valence-electron chi connectivity index (χ4n) is 3.02. The second-order valence-electron chi connectivity index (χ2n) is 6.33. The molecule has 1 N–H and O–H groups in total. The number of benzene rings is 2. The van der Waals surface area contributed by atoms with Crippen LogP contribution >= 0.6 is 22.9 Å². The van der Waals surface area contributed by atoms with Crippen LogP contribution in [-0.2, 0) is 0 Å². The van der Waals surface area contributed by atoms with E-state index in [0.29, 0.717) is 27.1 Å². The quantitative estimate of drug-likeness (QED) is 0.468. The lowest BCUT2D eigenvalue weighted by Crippen LogP contribution is -2.10. The number of halogens is 1. The molecule has 2 aromatic carbocycles. The number of ether oxygens (including phenoxy) is 2. The first-order chi connectivity index (χ1) is 14.0. The molecule has 2 aromatic heterocycles. The first-order valence-corrected chi connectivity index (χ1v) is 9.98. The van der Waals surface area contributed by atoms with Crippen molar-refractivity contribution in [3.8, 4) is 17.2 Å². The van der Waals surface area contributed by atoms with Crippen LogP contribution in [0.5, 0.6) is 11.5 Å². The third kappa shape index (κ3) is 3.66. The number of thiophene rings is 1. The summed E-state index contributed by atoms with van der Waals surface area (Å²) < 4.78 is 12.4. The summed E-state index contributed by atoms with van der Waals surface area (Å²) in [5, 5.41) is 9.12. The summed E-state index contributed by atoms with van der Waals surface area (Å²) in [5.74, 6) is 0.961. The van der Waals surface area contributed by atoms with Crippen molar-refractivity contribution >= 4 is 44.7 Å². The summed E-state index contributed by atoms with van der Waals surface area (Å²) in [7, 11) is 3.13. The Morgan fingerprint density at radius 1 is 1.07 bits per heavy atom. The van der Waals surface area contributed by atoms with Crippen LogP contribution in [0, 0.1) is 6.92 Å². The van der Waals surface area contributed by atoms with Crippen molar-refractivity contribution < 1.29 is 14.3 Å². The van der Waals surface area contributed by atoms with Crippen LogP contribution in [-0.4, -0.2) is 29.9 Å². The molecule has 4 aromatic rings. The van der Waals surface area contributed by atoms with Crippen LogP contribution in [0.2, 0.25) is 5.02 Å². The summed E-state index contributed by atoms with van der Waals surface area (Å²) in [6.45, 7) is 1.93. The number of methoxy groups -OCH3 is 2. The first kappa shape index (κ1) is 19.3. The Morgan fingerprint density at radius 2 is 1.79 bits per heavy atom. The number of nitrogens with one attached hydrogen (secondary N) is 1. The number of carbonyl (C=O) groups is 1. The van der Waals surface area contributed by atoms with Gasteiger partial charge in [-0.15, -0.1) is 11.3 Å². The van der Waals surface area contributed by atoms with Crippen molar-refractivity contribution in [2.45, 2.75) is 6.92 Å². The fourth-order valence-corrected chi connectivity index (χ4v) is 4.23. The molecular weight excluding hydrogens is 410 g/mol. The van der Waals surface area contributed by atoms with E-state index >= 15 is 0 Å². The Kier molecular flexibility index (Phi) is 5.17. The van der Waals surface area contributed by atoms with Gasteiger partial charge in [0, 0.05) is 22.2 Å². The SMILES string of the molecule is COc1ccc(NC(=O)c2cc3c(C)nn(-c4ccc(Cl)cc4)c3s2)cc1OC. The van der Waals surface area contributed by atoms with Gasteiger partial charge in [-0.1, -0.05) is 11.6 Å². The Labute approximate surface area is 176 Å². The van der Waals surface area contributed by atoms with E-state index in [0.717, 1.165) is 21.6 Å². The molecule has 8 heteroatoms. The lowest BCUT2D eigenvalue weighted by molar-refractivity contribution is 0.103.